The third kappa shape index (κ3) is 8.94. The number of hydrogen-bond acceptors (Lipinski definition) is 7. The topological polar surface area (TPSA) is 145 Å². The maximum absolute atomic E-state index is 12.3. The Morgan fingerprint density at radius 1 is 1.32 bits per heavy atom. The summed E-state index contributed by atoms with van der Waals surface area (Å²) in [5.41, 5.74) is 2.57. The Bertz CT molecular complexity index is 836. The molecule has 0 saturated carbocycles. The van der Waals surface area contributed by atoms with Crippen LogP contribution in [0, 0.1) is 29.9 Å². The Balaban J connectivity index is 0.000000362. The number of guanidine groups is 1. The fourth-order valence-electron chi connectivity index (χ4n) is 3.43. The van der Waals surface area contributed by atoms with Crippen molar-refractivity contribution in [1.82, 2.24) is 10.6 Å². The predicted molar refractivity (Wildman–Crippen MR) is 127 cm³/mol. The van der Waals surface area contributed by atoms with Crippen LogP contribution in [0.4, 0.5) is 5.69 Å². The van der Waals surface area contributed by atoms with Crippen LogP contribution in [0.5, 0.6) is 0 Å². The molecule has 1 unspecified atom stereocenters. The van der Waals surface area contributed by atoms with Crippen LogP contribution < -0.4 is 15.5 Å². The van der Waals surface area contributed by atoms with E-state index in [-0.39, 0.29) is 18.5 Å². The second kappa shape index (κ2) is 14.8. The summed E-state index contributed by atoms with van der Waals surface area (Å²) in [7, 11) is 4.34. The summed E-state index contributed by atoms with van der Waals surface area (Å²) >= 11 is 0. The molecule has 1 amide bonds. The van der Waals surface area contributed by atoms with Crippen LogP contribution in [0.15, 0.2) is 23.3 Å². The van der Waals surface area contributed by atoms with E-state index in [1.807, 2.05) is 32.0 Å². The molecule has 2 N–H and O–H groups in total. The van der Waals surface area contributed by atoms with Crippen molar-refractivity contribution in [3.05, 3.63) is 39.4 Å². The van der Waals surface area contributed by atoms with Gasteiger partial charge in [-0.1, -0.05) is 18.2 Å². The van der Waals surface area contributed by atoms with Crippen molar-refractivity contribution in [1.29, 1.82) is 0 Å². The summed E-state index contributed by atoms with van der Waals surface area (Å²) < 4.78 is 14.8. The quantitative estimate of drug-likeness (QED) is 0.184. The minimum Gasteiger partial charge on any atom is -0.467 e. The first kappa shape index (κ1) is 28.8. The van der Waals surface area contributed by atoms with Gasteiger partial charge >= 0.3 is 5.97 Å². The molecule has 12 heteroatoms. The Hall–Kier alpha value is -3.25. The fourth-order valence-corrected chi connectivity index (χ4v) is 3.43. The van der Waals surface area contributed by atoms with Gasteiger partial charge in [0, 0.05) is 33.2 Å². The number of hydrogen-bond donors (Lipinski definition) is 2. The van der Waals surface area contributed by atoms with Gasteiger partial charge in [0.1, 0.15) is 17.8 Å². The first-order valence-corrected chi connectivity index (χ1v) is 10.8. The van der Waals surface area contributed by atoms with Gasteiger partial charge in [0.05, 0.1) is 19.4 Å². The van der Waals surface area contributed by atoms with Gasteiger partial charge in [-0.3, -0.25) is 9.69 Å². The molecule has 0 aromatic heterocycles. The lowest BCUT2D eigenvalue weighted by Crippen LogP contribution is -2.46. The summed E-state index contributed by atoms with van der Waals surface area (Å²) in [6.45, 7) is 7.49. The first-order chi connectivity index (χ1) is 16.2. The van der Waals surface area contributed by atoms with Crippen molar-refractivity contribution < 1.29 is 28.8 Å². The summed E-state index contributed by atoms with van der Waals surface area (Å²) in [5, 5.41) is 18.0. The molecule has 1 aromatic carbocycles. The van der Waals surface area contributed by atoms with Gasteiger partial charge in [-0.05, 0) is 38.3 Å². The van der Waals surface area contributed by atoms with Gasteiger partial charge in [0.2, 0.25) is 0 Å². The molecule has 34 heavy (non-hydrogen) atoms. The van der Waals surface area contributed by atoms with Crippen molar-refractivity contribution in [2.45, 2.75) is 33.2 Å². The number of benzene rings is 1. The molecule has 0 aliphatic carbocycles. The molecule has 12 nitrogen and oxygen atoms in total. The van der Waals surface area contributed by atoms with Gasteiger partial charge in [-0.2, -0.15) is 0 Å². The Morgan fingerprint density at radius 3 is 2.44 bits per heavy atom. The van der Waals surface area contributed by atoms with E-state index in [0.29, 0.717) is 19.1 Å². The molecule has 190 valence electrons. The zero-order chi connectivity index (χ0) is 25.7. The van der Waals surface area contributed by atoms with E-state index in [9.17, 15) is 19.7 Å². The van der Waals surface area contributed by atoms with E-state index in [1.165, 1.54) is 19.1 Å². The highest BCUT2D eigenvalue weighted by atomic mass is 16.7. The molecule has 0 spiro atoms. The van der Waals surface area contributed by atoms with E-state index in [0.717, 1.165) is 29.8 Å². The average Bonchev–Trinajstić information content (AvgIpc) is 3.32. The number of methoxy groups -OCH3 is 2. The van der Waals surface area contributed by atoms with Gasteiger partial charge in [0.25, 0.3) is 11.9 Å². The summed E-state index contributed by atoms with van der Waals surface area (Å²) in [6, 6.07) is 5.01. The molecule has 1 aliphatic heterocycles. The minimum atomic E-state index is -0.732. The van der Waals surface area contributed by atoms with Crippen LogP contribution in [0.25, 0.3) is 0 Å². The molecule has 1 fully saturated rings. The lowest BCUT2D eigenvalue weighted by molar-refractivity contribution is -0.485. The maximum atomic E-state index is 12.3. The van der Waals surface area contributed by atoms with Crippen LogP contribution in [-0.4, -0.2) is 76.5 Å². The summed E-state index contributed by atoms with van der Waals surface area (Å²) in [6.07, 6.45) is 0.989. The van der Waals surface area contributed by atoms with Crippen LogP contribution in [0.3, 0.4) is 0 Å². The second-order valence-electron chi connectivity index (χ2n) is 7.68. The molecule has 2 atom stereocenters. The number of carbonyl (C=O) groups excluding carboxylic acids is 2. The van der Waals surface area contributed by atoms with Crippen LogP contribution >= 0.6 is 0 Å². The zero-order valence-electron chi connectivity index (χ0n) is 20.6. The molecular formula is C22H35N5O7. The largest absolute Gasteiger partial charge is 0.467 e. The highest BCUT2D eigenvalue weighted by molar-refractivity contribution is 6.01. The number of nitro groups is 1. The number of aryl methyl sites for hydroxylation is 2. The summed E-state index contributed by atoms with van der Waals surface area (Å²) in [4.78, 5) is 35.6. The van der Waals surface area contributed by atoms with Crippen molar-refractivity contribution in [3.63, 3.8) is 0 Å². The number of para-hydroxylation sites is 1. The Kier molecular flexibility index (Phi) is 12.5. The maximum Gasteiger partial charge on any atom is 0.328 e. The Morgan fingerprint density at radius 2 is 1.97 bits per heavy atom. The van der Waals surface area contributed by atoms with E-state index in [1.54, 1.807) is 14.0 Å². The molecule has 1 aliphatic rings. The monoisotopic (exact) mass is 481 g/mol. The lowest BCUT2D eigenvalue weighted by Gasteiger charge is -2.30. The number of amides is 1. The molecule has 1 saturated heterocycles. The lowest BCUT2D eigenvalue weighted by atomic mass is 10.1. The molecule has 1 aromatic rings. The average molecular weight is 482 g/mol. The number of nitrogens with zero attached hydrogens (tertiary/aromatic N) is 3. The zero-order valence-corrected chi connectivity index (χ0v) is 20.6. The SMILES string of the molecule is CN/C(=N/[N+](=O)[O-])NCC1CCOC1.COCC(=O)N(c1c(C)cccc1C)[C@H](C)C(=O)OC. The van der Waals surface area contributed by atoms with Crippen LogP contribution in [0.1, 0.15) is 24.5 Å². The van der Waals surface area contributed by atoms with Gasteiger partial charge in [-0.25, -0.2) is 14.9 Å². The number of rotatable bonds is 8. The van der Waals surface area contributed by atoms with E-state index >= 15 is 0 Å². The first-order valence-electron chi connectivity index (χ1n) is 10.8. The number of nitrogens with one attached hydrogen (secondary N) is 2. The van der Waals surface area contributed by atoms with E-state index < -0.39 is 17.0 Å². The number of ether oxygens (including phenoxy) is 3. The standard InChI is InChI=1S/C15H21NO4.C7H14N4O3/c1-10-7-6-8-11(2)14(10)16(13(17)9-19-4)12(3)15(18)20-5;1-8-7(10-11(12)13)9-4-6-2-3-14-5-6/h6-8,12H,9H2,1-5H3;6H,2-5H2,1H3,(H2,8,9,10)/t12-;/m1./s1. The molecule has 0 radical (unpaired) electrons. The fraction of sp³-hybridized carbons (Fsp3) is 0.591. The molecule has 2 rings (SSSR count). The number of hydrazone groups is 1. The van der Waals surface area contributed by atoms with Crippen molar-refractivity contribution in [2.75, 3.05) is 52.5 Å². The normalized spacial score (nSPS) is 16.1. The van der Waals surface area contributed by atoms with Gasteiger partial charge < -0.3 is 24.8 Å². The number of carbonyl (C=O) groups is 2. The summed E-state index contributed by atoms with van der Waals surface area (Å²) in [5.74, 6) is -0.137. The highest BCUT2D eigenvalue weighted by Gasteiger charge is 2.29. The smallest absolute Gasteiger partial charge is 0.328 e. The third-order valence-electron chi connectivity index (χ3n) is 5.15. The molecular weight excluding hydrogens is 446 g/mol. The van der Waals surface area contributed by atoms with E-state index in [4.69, 9.17) is 14.2 Å². The predicted octanol–water partition coefficient (Wildman–Crippen LogP) is 1.22. The molecule has 1 heterocycles. The van der Waals surface area contributed by atoms with Gasteiger partial charge in [-0.15, -0.1) is 0 Å². The van der Waals surface area contributed by atoms with Crippen LogP contribution in [0.2, 0.25) is 0 Å². The number of anilines is 1. The molecule has 0 bridgehead atoms. The van der Waals surface area contributed by atoms with E-state index in [2.05, 4.69) is 15.7 Å². The second-order valence-corrected chi connectivity index (χ2v) is 7.68. The van der Waals surface area contributed by atoms with Crippen molar-refractivity contribution in [2.24, 2.45) is 11.0 Å². The Labute approximate surface area is 199 Å². The van der Waals surface area contributed by atoms with Crippen LogP contribution in [-0.2, 0) is 23.8 Å². The van der Waals surface area contributed by atoms with Gasteiger partial charge in [0.15, 0.2) is 5.03 Å². The van der Waals surface area contributed by atoms with Crippen molar-refractivity contribution >= 4 is 23.5 Å². The van der Waals surface area contributed by atoms with Crippen molar-refractivity contribution in [3.8, 4) is 0 Å². The number of esters is 1. The third-order valence-corrected chi connectivity index (χ3v) is 5.15. The highest BCUT2D eigenvalue weighted by Crippen LogP contribution is 2.27. The minimum absolute atomic E-state index is 0.0882.